The summed E-state index contributed by atoms with van der Waals surface area (Å²) in [6.45, 7) is 0. The predicted octanol–water partition coefficient (Wildman–Crippen LogP) is -0.772. The van der Waals surface area contributed by atoms with Crippen LogP contribution in [0.15, 0.2) is 24.3 Å². The van der Waals surface area contributed by atoms with E-state index >= 15 is 0 Å². The van der Waals surface area contributed by atoms with Crippen LogP contribution in [0.3, 0.4) is 0 Å². The molecule has 0 fully saturated rings. The predicted molar refractivity (Wildman–Crippen MR) is 36.1 cm³/mol. The summed E-state index contributed by atoms with van der Waals surface area (Å²) in [6.07, 6.45) is 0. The van der Waals surface area contributed by atoms with Crippen molar-refractivity contribution in [2.75, 3.05) is 4.93 Å². The molecule has 0 saturated heterocycles. The van der Waals surface area contributed by atoms with E-state index in [4.69, 9.17) is 11.6 Å². The van der Waals surface area contributed by atoms with Crippen LogP contribution in [0.4, 0.5) is 0 Å². The second-order valence-corrected chi connectivity index (χ2v) is 4.39. The van der Waals surface area contributed by atoms with Gasteiger partial charge in [0.1, 0.15) is 0 Å². The molecule has 0 aromatic heterocycles. The molecule has 1 rings (SSSR count). The molecule has 0 atom stereocenters. The Morgan fingerprint density at radius 2 is 2.22 bits per heavy atom. The third-order valence-corrected chi connectivity index (χ3v) is 3.16. The van der Waals surface area contributed by atoms with Crippen LogP contribution in [0.1, 0.15) is 0 Å². The van der Waals surface area contributed by atoms with E-state index in [-0.39, 0.29) is 21.2 Å². The quantitative estimate of drug-likeness (QED) is 0.455. The zero-order valence-corrected chi connectivity index (χ0v) is 7.98. The maximum atomic E-state index is 5.74. The summed E-state index contributed by atoms with van der Waals surface area (Å²) in [5.74, 6) is 0. The molecule has 0 heterocycles. The summed E-state index contributed by atoms with van der Waals surface area (Å²) >= 11 is 5.95. The van der Waals surface area contributed by atoms with Crippen LogP contribution < -0.4 is 21.2 Å². The standard InChI is InChI=1S/C7H7ClI/c1-9-7-4-2-3-6(8)5-7/h2-5H,1H3/q-1. The first-order chi connectivity index (χ1) is 4.33. The normalized spacial score (nSPS) is 10.0. The van der Waals surface area contributed by atoms with Crippen LogP contribution in [0.5, 0.6) is 0 Å². The summed E-state index contributed by atoms with van der Waals surface area (Å²) in [7, 11) is 0. The molecule has 0 nitrogen and oxygen atoms in total. The van der Waals surface area contributed by atoms with Crippen LogP contribution in [0, 0.1) is 3.57 Å². The summed E-state index contributed by atoms with van der Waals surface area (Å²) in [6, 6.07) is 8.07. The van der Waals surface area contributed by atoms with E-state index in [2.05, 4.69) is 11.0 Å². The molecule has 0 radical (unpaired) electrons. The van der Waals surface area contributed by atoms with Crippen molar-refractivity contribution < 1.29 is 21.2 Å². The van der Waals surface area contributed by atoms with E-state index in [1.54, 1.807) is 0 Å². The Balaban J connectivity index is 2.94. The van der Waals surface area contributed by atoms with Gasteiger partial charge in [-0.15, -0.1) is 0 Å². The minimum atomic E-state index is 0.208. The summed E-state index contributed by atoms with van der Waals surface area (Å²) in [5.41, 5.74) is 0. The molecule has 9 heavy (non-hydrogen) atoms. The molecule has 1 aromatic rings. The van der Waals surface area contributed by atoms with Crippen molar-refractivity contribution in [1.29, 1.82) is 0 Å². The fraction of sp³-hybridized carbons (Fsp3) is 0.143. The van der Waals surface area contributed by atoms with Crippen molar-refractivity contribution in [3.63, 3.8) is 0 Å². The summed E-state index contributed by atoms with van der Waals surface area (Å²) < 4.78 is 1.40. The molecule has 0 saturated carbocycles. The molecule has 0 N–H and O–H groups in total. The van der Waals surface area contributed by atoms with E-state index < -0.39 is 0 Å². The molecular weight excluding hydrogens is 246 g/mol. The number of hydrogen-bond donors (Lipinski definition) is 0. The van der Waals surface area contributed by atoms with Gasteiger partial charge in [0.05, 0.1) is 0 Å². The molecule has 0 aliphatic carbocycles. The molecule has 0 spiro atoms. The van der Waals surface area contributed by atoms with Crippen LogP contribution in [0.25, 0.3) is 0 Å². The first-order valence-corrected chi connectivity index (χ1v) is 6.19. The topological polar surface area (TPSA) is 0 Å². The summed E-state index contributed by atoms with van der Waals surface area (Å²) in [5, 5.41) is 0.856. The van der Waals surface area contributed by atoms with Gasteiger partial charge in [0.2, 0.25) is 0 Å². The van der Waals surface area contributed by atoms with Gasteiger partial charge in [-0.1, -0.05) is 0 Å². The molecule has 1 aromatic carbocycles. The number of rotatable bonds is 1. The number of hydrogen-bond acceptors (Lipinski definition) is 0. The van der Waals surface area contributed by atoms with E-state index in [0.29, 0.717) is 0 Å². The number of halogens is 2. The molecule has 0 bridgehead atoms. The maximum absolute atomic E-state index is 5.74. The van der Waals surface area contributed by atoms with Crippen molar-refractivity contribution in [3.05, 3.63) is 32.9 Å². The van der Waals surface area contributed by atoms with Gasteiger partial charge in [-0.05, 0) is 0 Å². The second kappa shape index (κ2) is 3.42. The Hall–Kier alpha value is 0.240. The van der Waals surface area contributed by atoms with E-state index in [0.717, 1.165) is 5.02 Å². The van der Waals surface area contributed by atoms with Crippen LogP contribution in [-0.2, 0) is 0 Å². The second-order valence-electron chi connectivity index (χ2n) is 1.63. The first kappa shape index (κ1) is 7.35. The molecular formula is C7H7ClI-. The molecule has 2 heteroatoms. The van der Waals surface area contributed by atoms with E-state index in [1.165, 1.54) is 3.57 Å². The fourth-order valence-corrected chi connectivity index (χ4v) is 2.17. The summed E-state index contributed by atoms with van der Waals surface area (Å²) in [4.78, 5) is 2.23. The van der Waals surface area contributed by atoms with Gasteiger partial charge in [-0.3, -0.25) is 0 Å². The van der Waals surface area contributed by atoms with Crippen molar-refractivity contribution in [3.8, 4) is 0 Å². The average molecular weight is 253 g/mol. The Bertz CT molecular complexity index is 198. The SMILES string of the molecule is C[I-]c1cccc(Cl)c1. The zero-order chi connectivity index (χ0) is 6.69. The van der Waals surface area contributed by atoms with Crippen LogP contribution in [-0.4, -0.2) is 4.93 Å². The molecule has 50 valence electrons. The van der Waals surface area contributed by atoms with Crippen LogP contribution >= 0.6 is 11.6 Å². The van der Waals surface area contributed by atoms with Gasteiger partial charge in [0.25, 0.3) is 0 Å². The third kappa shape index (κ3) is 2.14. The van der Waals surface area contributed by atoms with Gasteiger partial charge in [-0.2, -0.15) is 0 Å². The third-order valence-electron chi connectivity index (χ3n) is 1.00. The Morgan fingerprint density at radius 1 is 1.44 bits per heavy atom. The zero-order valence-electron chi connectivity index (χ0n) is 5.07. The molecule has 0 amide bonds. The van der Waals surface area contributed by atoms with E-state index in [1.807, 2.05) is 18.2 Å². The fourth-order valence-electron chi connectivity index (χ4n) is 0.577. The Kier molecular flexibility index (Phi) is 2.79. The van der Waals surface area contributed by atoms with Crippen molar-refractivity contribution >= 4 is 11.6 Å². The Labute approximate surface area is 70.5 Å². The van der Waals surface area contributed by atoms with Gasteiger partial charge >= 0.3 is 70.6 Å². The molecule has 0 aliphatic heterocycles. The number of benzene rings is 1. The van der Waals surface area contributed by atoms with Crippen LogP contribution in [0.2, 0.25) is 5.02 Å². The first-order valence-electron chi connectivity index (χ1n) is 2.58. The Morgan fingerprint density at radius 3 is 2.67 bits per heavy atom. The van der Waals surface area contributed by atoms with Gasteiger partial charge in [0.15, 0.2) is 0 Å². The number of alkyl halides is 1. The van der Waals surface area contributed by atoms with Crippen molar-refractivity contribution in [2.24, 2.45) is 0 Å². The average Bonchev–Trinajstić information content (AvgIpc) is 1.88. The minimum absolute atomic E-state index is 0.208. The molecule has 0 unspecified atom stereocenters. The van der Waals surface area contributed by atoms with Gasteiger partial charge < -0.3 is 0 Å². The molecule has 0 aliphatic rings. The van der Waals surface area contributed by atoms with E-state index in [9.17, 15) is 0 Å². The van der Waals surface area contributed by atoms with Gasteiger partial charge in [0, 0.05) is 0 Å². The monoisotopic (exact) mass is 253 g/mol. The van der Waals surface area contributed by atoms with Crippen molar-refractivity contribution in [2.45, 2.75) is 0 Å². The van der Waals surface area contributed by atoms with Crippen molar-refractivity contribution in [1.82, 2.24) is 0 Å². The van der Waals surface area contributed by atoms with Gasteiger partial charge in [-0.25, -0.2) is 0 Å².